The van der Waals surface area contributed by atoms with E-state index in [4.69, 9.17) is 0 Å². The summed E-state index contributed by atoms with van der Waals surface area (Å²) in [6.07, 6.45) is 15.9. The van der Waals surface area contributed by atoms with E-state index in [-0.39, 0.29) is 11.6 Å². The zero-order valence-electron chi connectivity index (χ0n) is 13.0. The summed E-state index contributed by atoms with van der Waals surface area (Å²) in [6, 6.07) is 0. The molecular weight excluding hydrogens is 236 g/mol. The lowest BCUT2D eigenvalue weighted by molar-refractivity contribution is -0.135. The minimum atomic E-state index is -0.289. The van der Waals surface area contributed by atoms with Crippen LogP contribution in [0.25, 0.3) is 0 Å². The molecule has 0 aliphatic heterocycles. The summed E-state index contributed by atoms with van der Waals surface area (Å²) < 4.78 is 0. The zero-order chi connectivity index (χ0) is 14.3. The van der Waals surface area contributed by atoms with E-state index in [1.165, 1.54) is 71.1 Å². The quantitative estimate of drug-likeness (QED) is 0.319. The van der Waals surface area contributed by atoms with Gasteiger partial charge in [0.1, 0.15) is 0 Å². The van der Waals surface area contributed by atoms with Gasteiger partial charge in [-0.1, -0.05) is 77.6 Å². The van der Waals surface area contributed by atoms with Gasteiger partial charge in [-0.15, -0.1) is 0 Å². The Morgan fingerprint density at radius 1 is 0.632 bits per heavy atom. The van der Waals surface area contributed by atoms with E-state index >= 15 is 0 Å². The van der Waals surface area contributed by atoms with Gasteiger partial charge in [-0.2, -0.15) is 0 Å². The zero-order valence-corrected chi connectivity index (χ0v) is 13.0. The molecule has 2 heteroatoms. The molecule has 0 saturated heterocycles. The van der Waals surface area contributed by atoms with Crippen molar-refractivity contribution in [3.8, 4) is 0 Å². The second-order valence-corrected chi connectivity index (χ2v) is 5.62. The van der Waals surface area contributed by atoms with Gasteiger partial charge in [0.2, 0.25) is 0 Å². The number of ketones is 2. The van der Waals surface area contributed by atoms with E-state index < -0.39 is 0 Å². The van der Waals surface area contributed by atoms with E-state index in [0.717, 1.165) is 12.8 Å². The fraction of sp³-hybridized carbons (Fsp3) is 0.882. The molecule has 0 aromatic rings. The number of rotatable bonds is 14. The van der Waals surface area contributed by atoms with Gasteiger partial charge < -0.3 is 0 Å². The van der Waals surface area contributed by atoms with Gasteiger partial charge in [0.05, 0.1) is 0 Å². The predicted octanol–water partition coefficient (Wildman–Crippen LogP) is 5.24. The Hall–Kier alpha value is -0.660. The molecule has 0 heterocycles. The second kappa shape index (κ2) is 13.8. The summed E-state index contributed by atoms with van der Waals surface area (Å²) in [5.74, 6) is -0.491. The maximum absolute atomic E-state index is 11.1. The lowest BCUT2D eigenvalue weighted by Gasteiger charge is -2.02. The van der Waals surface area contributed by atoms with Gasteiger partial charge in [-0.25, -0.2) is 0 Å². The van der Waals surface area contributed by atoms with Crippen molar-refractivity contribution in [3.05, 3.63) is 0 Å². The van der Waals surface area contributed by atoms with Gasteiger partial charge in [0, 0.05) is 13.3 Å². The van der Waals surface area contributed by atoms with Crippen LogP contribution in [0.1, 0.15) is 97.3 Å². The molecule has 0 aliphatic rings. The minimum absolute atomic E-state index is 0.202. The molecule has 0 rings (SSSR count). The highest BCUT2D eigenvalue weighted by Gasteiger charge is 2.06. The Balaban J connectivity index is 3.07. The molecule has 0 spiro atoms. The van der Waals surface area contributed by atoms with Crippen molar-refractivity contribution in [1.29, 1.82) is 0 Å². The first-order chi connectivity index (χ1) is 9.18. The molecule has 0 fully saturated rings. The van der Waals surface area contributed by atoms with Crippen LogP contribution in [0, 0.1) is 0 Å². The van der Waals surface area contributed by atoms with Crippen LogP contribution in [0.3, 0.4) is 0 Å². The van der Waals surface area contributed by atoms with Crippen molar-refractivity contribution >= 4 is 11.6 Å². The summed E-state index contributed by atoms with van der Waals surface area (Å²) in [5, 5.41) is 0. The maximum Gasteiger partial charge on any atom is 0.198 e. The van der Waals surface area contributed by atoms with Crippen LogP contribution in [-0.4, -0.2) is 11.6 Å². The number of carbonyl (C=O) groups is 2. The van der Waals surface area contributed by atoms with Crippen molar-refractivity contribution in [2.24, 2.45) is 0 Å². The van der Waals surface area contributed by atoms with Gasteiger partial charge >= 0.3 is 0 Å². The van der Waals surface area contributed by atoms with Gasteiger partial charge in [0.25, 0.3) is 0 Å². The number of hydrogen-bond acceptors (Lipinski definition) is 2. The third kappa shape index (κ3) is 13.6. The first-order valence-electron chi connectivity index (χ1n) is 8.22. The summed E-state index contributed by atoms with van der Waals surface area (Å²) in [6.45, 7) is 3.62. The first-order valence-corrected chi connectivity index (χ1v) is 8.22. The fourth-order valence-corrected chi connectivity index (χ4v) is 2.30. The SMILES string of the molecule is CCCCCCCCCCCCCCC(=O)C(C)=O. The number of unbranched alkanes of at least 4 members (excludes halogenated alkanes) is 11. The lowest BCUT2D eigenvalue weighted by atomic mass is 10.0. The third-order valence-corrected chi connectivity index (χ3v) is 3.65. The first kappa shape index (κ1) is 18.3. The number of carbonyl (C=O) groups excluding carboxylic acids is 2. The molecule has 0 aliphatic carbocycles. The number of Topliss-reactive ketones (excluding diaryl/α,β-unsaturated/α-hetero) is 2. The van der Waals surface area contributed by atoms with Gasteiger partial charge in [-0.3, -0.25) is 9.59 Å². The Labute approximate surface area is 119 Å². The predicted molar refractivity (Wildman–Crippen MR) is 81.4 cm³/mol. The molecule has 0 aromatic heterocycles. The van der Waals surface area contributed by atoms with E-state index in [2.05, 4.69) is 6.92 Å². The fourth-order valence-electron chi connectivity index (χ4n) is 2.30. The lowest BCUT2D eigenvalue weighted by Crippen LogP contribution is -2.08. The highest BCUT2D eigenvalue weighted by Crippen LogP contribution is 2.12. The normalized spacial score (nSPS) is 10.6. The molecule has 0 radical (unpaired) electrons. The minimum Gasteiger partial charge on any atom is -0.291 e. The van der Waals surface area contributed by atoms with Crippen molar-refractivity contribution in [2.75, 3.05) is 0 Å². The average Bonchev–Trinajstić information content (AvgIpc) is 2.39. The van der Waals surface area contributed by atoms with Crippen LogP contribution in [0.15, 0.2) is 0 Å². The highest BCUT2D eigenvalue weighted by molar-refractivity contribution is 6.36. The van der Waals surface area contributed by atoms with Crippen LogP contribution in [0.5, 0.6) is 0 Å². The largest absolute Gasteiger partial charge is 0.291 e. The van der Waals surface area contributed by atoms with Crippen LogP contribution >= 0.6 is 0 Å². The highest BCUT2D eigenvalue weighted by atomic mass is 16.2. The molecule has 0 N–H and O–H groups in total. The molecule has 0 aromatic carbocycles. The molecule has 112 valence electrons. The molecular formula is C17H32O2. The van der Waals surface area contributed by atoms with E-state index in [1.54, 1.807) is 0 Å². The topological polar surface area (TPSA) is 34.1 Å². The average molecular weight is 268 g/mol. The Morgan fingerprint density at radius 3 is 1.37 bits per heavy atom. The summed E-state index contributed by atoms with van der Waals surface area (Å²) in [5.41, 5.74) is 0. The summed E-state index contributed by atoms with van der Waals surface area (Å²) >= 11 is 0. The number of hydrogen-bond donors (Lipinski definition) is 0. The second-order valence-electron chi connectivity index (χ2n) is 5.62. The van der Waals surface area contributed by atoms with E-state index in [1.807, 2.05) is 0 Å². The van der Waals surface area contributed by atoms with E-state index in [0.29, 0.717) is 6.42 Å². The molecule has 2 nitrogen and oxygen atoms in total. The molecule has 0 atom stereocenters. The molecule has 19 heavy (non-hydrogen) atoms. The third-order valence-electron chi connectivity index (χ3n) is 3.65. The van der Waals surface area contributed by atoms with Crippen molar-refractivity contribution in [1.82, 2.24) is 0 Å². The summed E-state index contributed by atoms with van der Waals surface area (Å²) in [4.78, 5) is 21.8. The molecule has 0 bridgehead atoms. The Bertz CT molecular complexity index is 233. The van der Waals surface area contributed by atoms with Crippen LogP contribution in [-0.2, 0) is 9.59 Å². The van der Waals surface area contributed by atoms with Crippen LogP contribution in [0.4, 0.5) is 0 Å². The van der Waals surface area contributed by atoms with Crippen molar-refractivity contribution < 1.29 is 9.59 Å². The standard InChI is InChI=1S/C17H32O2/c1-3-4-5-6-7-8-9-10-11-12-13-14-15-17(19)16(2)18/h3-15H2,1-2H3. The molecule has 0 unspecified atom stereocenters. The van der Waals surface area contributed by atoms with Gasteiger partial charge in [0.15, 0.2) is 11.6 Å². The van der Waals surface area contributed by atoms with E-state index in [9.17, 15) is 9.59 Å². The van der Waals surface area contributed by atoms with Gasteiger partial charge in [-0.05, 0) is 6.42 Å². The Morgan fingerprint density at radius 2 is 1.00 bits per heavy atom. The van der Waals surface area contributed by atoms with Crippen molar-refractivity contribution in [2.45, 2.75) is 97.3 Å². The Kier molecular flexibility index (Phi) is 13.3. The summed E-state index contributed by atoms with van der Waals surface area (Å²) in [7, 11) is 0. The van der Waals surface area contributed by atoms with Crippen molar-refractivity contribution in [3.63, 3.8) is 0 Å². The maximum atomic E-state index is 11.1. The van der Waals surface area contributed by atoms with Crippen LogP contribution in [0.2, 0.25) is 0 Å². The molecule has 0 amide bonds. The van der Waals surface area contributed by atoms with Crippen LogP contribution < -0.4 is 0 Å². The monoisotopic (exact) mass is 268 g/mol. The smallest absolute Gasteiger partial charge is 0.198 e. The molecule has 0 saturated carbocycles.